The van der Waals surface area contributed by atoms with E-state index in [1.54, 1.807) is 18.2 Å². The van der Waals surface area contributed by atoms with Gasteiger partial charge >= 0.3 is 0 Å². The quantitative estimate of drug-likeness (QED) is 0.422. The van der Waals surface area contributed by atoms with Gasteiger partial charge in [0.1, 0.15) is 0 Å². The summed E-state index contributed by atoms with van der Waals surface area (Å²) in [6.45, 7) is 5.16. The van der Waals surface area contributed by atoms with E-state index in [1.807, 2.05) is 0 Å². The molecule has 2 aromatic carbocycles. The van der Waals surface area contributed by atoms with Crippen LogP contribution in [0.5, 0.6) is 0 Å². The Bertz CT molecular complexity index is 603. The second-order valence-electron chi connectivity index (χ2n) is 3.58. The summed E-state index contributed by atoms with van der Waals surface area (Å²) in [5.74, 6) is -6.69. The highest BCUT2D eigenvalue weighted by Gasteiger charge is 2.24. The molecular weight excluding hydrogens is 244 g/mol. The van der Waals surface area contributed by atoms with Crippen molar-refractivity contribution in [2.45, 2.75) is 0 Å². The monoisotopic (exact) mass is 251 g/mol. The van der Waals surface area contributed by atoms with Crippen molar-refractivity contribution in [3.8, 4) is 11.1 Å². The summed E-state index contributed by atoms with van der Waals surface area (Å²) in [6, 6.07) is 7.68. The molecule has 1 radical (unpaired) electrons. The van der Waals surface area contributed by atoms with E-state index in [0.29, 0.717) is 6.08 Å². The summed E-state index contributed by atoms with van der Waals surface area (Å²) < 4.78 is 53.5. The highest BCUT2D eigenvalue weighted by atomic mass is 19.2. The van der Waals surface area contributed by atoms with Crippen LogP contribution >= 0.6 is 0 Å². The first-order valence-corrected chi connectivity index (χ1v) is 5.04. The zero-order valence-electron chi connectivity index (χ0n) is 9.05. The molecule has 0 spiro atoms. The second kappa shape index (κ2) is 4.64. The smallest absolute Gasteiger partial charge is 0.198 e. The minimum absolute atomic E-state index is 0.213. The van der Waals surface area contributed by atoms with E-state index in [9.17, 15) is 17.6 Å². The van der Waals surface area contributed by atoms with Crippen LogP contribution in [0.25, 0.3) is 17.2 Å². The molecule has 0 amide bonds. The van der Waals surface area contributed by atoms with Gasteiger partial charge in [0.15, 0.2) is 23.3 Å². The van der Waals surface area contributed by atoms with Crippen LogP contribution in [0.2, 0.25) is 0 Å². The number of rotatable bonds is 2. The Kier molecular flexibility index (Phi) is 3.19. The Labute approximate surface area is 101 Å². The lowest BCUT2D eigenvalue weighted by Gasteiger charge is -2.10. The molecule has 0 N–H and O–H groups in total. The van der Waals surface area contributed by atoms with Crippen molar-refractivity contribution in [2.75, 3.05) is 0 Å². The SMILES string of the molecule is [CH]=Cc1c(F)c(F)c(F)c(F)c1-c1ccccc1. The van der Waals surface area contributed by atoms with Gasteiger partial charge in [-0.25, -0.2) is 17.6 Å². The standard InChI is InChI=1S/C14H7F4/c1-2-9-10(8-6-4-3-5-7-8)12(16)14(18)13(17)11(9)15/h1-7H. The largest absolute Gasteiger partial charge is 0.203 e. The van der Waals surface area contributed by atoms with Gasteiger partial charge in [0, 0.05) is 11.1 Å². The van der Waals surface area contributed by atoms with Crippen molar-refractivity contribution < 1.29 is 17.6 Å². The van der Waals surface area contributed by atoms with E-state index in [-0.39, 0.29) is 5.56 Å². The van der Waals surface area contributed by atoms with Gasteiger partial charge in [0.2, 0.25) is 0 Å². The van der Waals surface area contributed by atoms with E-state index < -0.39 is 34.4 Å². The normalized spacial score (nSPS) is 10.4. The summed E-state index contributed by atoms with van der Waals surface area (Å²) in [5.41, 5.74) is -0.684. The predicted octanol–water partition coefficient (Wildman–Crippen LogP) is 4.36. The average molecular weight is 251 g/mol. The first-order valence-electron chi connectivity index (χ1n) is 5.04. The Balaban J connectivity index is 2.86. The molecule has 0 atom stereocenters. The fraction of sp³-hybridized carbons (Fsp3) is 0. The van der Waals surface area contributed by atoms with Gasteiger partial charge in [-0.2, -0.15) is 0 Å². The zero-order valence-corrected chi connectivity index (χ0v) is 9.05. The molecule has 4 heteroatoms. The molecule has 0 saturated heterocycles. The van der Waals surface area contributed by atoms with Gasteiger partial charge in [-0.15, -0.1) is 0 Å². The molecule has 18 heavy (non-hydrogen) atoms. The van der Waals surface area contributed by atoms with Gasteiger partial charge in [-0.05, 0) is 5.56 Å². The summed E-state index contributed by atoms with van der Waals surface area (Å²) in [4.78, 5) is 0. The molecule has 0 aromatic heterocycles. The van der Waals surface area contributed by atoms with E-state index in [1.165, 1.54) is 12.1 Å². The minimum Gasteiger partial charge on any atom is -0.203 e. The summed E-state index contributed by atoms with van der Waals surface area (Å²) in [6.07, 6.45) is 0.712. The Morgan fingerprint density at radius 2 is 1.33 bits per heavy atom. The van der Waals surface area contributed by atoms with Crippen molar-refractivity contribution in [3.63, 3.8) is 0 Å². The molecule has 0 nitrogen and oxygen atoms in total. The Morgan fingerprint density at radius 1 is 0.778 bits per heavy atom. The van der Waals surface area contributed by atoms with Crippen molar-refractivity contribution in [3.05, 3.63) is 65.7 Å². The molecule has 91 valence electrons. The molecule has 0 aliphatic heterocycles. The lowest BCUT2D eigenvalue weighted by molar-refractivity contribution is 0.410. The second-order valence-corrected chi connectivity index (χ2v) is 3.58. The van der Waals surface area contributed by atoms with Crippen LogP contribution in [-0.4, -0.2) is 0 Å². The molecule has 2 rings (SSSR count). The minimum atomic E-state index is -1.87. The van der Waals surface area contributed by atoms with E-state index in [4.69, 9.17) is 6.58 Å². The molecule has 0 unspecified atom stereocenters. The Morgan fingerprint density at radius 3 is 1.89 bits per heavy atom. The van der Waals surface area contributed by atoms with Crippen molar-refractivity contribution >= 4 is 6.08 Å². The summed E-state index contributed by atoms with van der Waals surface area (Å²) in [7, 11) is 0. The molecule has 0 aliphatic rings. The highest BCUT2D eigenvalue weighted by Crippen LogP contribution is 2.32. The maximum atomic E-state index is 13.7. The van der Waals surface area contributed by atoms with E-state index in [0.717, 1.165) is 0 Å². The third-order valence-electron chi connectivity index (χ3n) is 2.53. The molecule has 0 bridgehead atoms. The van der Waals surface area contributed by atoms with Crippen LogP contribution < -0.4 is 0 Å². The first-order chi connectivity index (χ1) is 8.57. The molecule has 0 heterocycles. The number of hydrogen-bond acceptors (Lipinski definition) is 0. The van der Waals surface area contributed by atoms with Crippen molar-refractivity contribution in [1.82, 2.24) is 0 Å². The summed E-state index contributed by atoms with van der Waals surface area (Å²) >= 11 is 0. The number of benzene rings is 2. The maximum Gasteiger partial charge on any atom is 0.198 e. The number of hydrogen-bond donors (Lipinski definition) is 0. The van der Waals surface area contributed by atoms with E-state index in [2.05, 4.69) is 0 Å². The van der Waals surface area contributed by atoms with Crippen LogP contribution in [0.15, 0.2) is 30.3 Å². The van der Waals surface area contributed by atoms with Crippen LogP contribution in [0.4, 0.5) is 17.6 Å². The van der Waals surface area contributed by atoms with Crippen LogP contribution in [0, 0.1) is 29.8 Å². The zero-order chi connectivity index (χ0) is 13.3. The van der Waals surface area contributed by atoms with Crippen molar-refractivity contribution in [2.24, 2.45) is 0 Å². The van der Waals surface area contributed by atoms with Crippen LogP contribution in [0.1, 0.15) is 5.56 Å². The maximum absolute atomic E-state index is 13.7. The fourth-order valence-corrected chi connectivity index (χ4v) is 1.69. The van der Waals surface area contributed by atoms with Crippen LogP contribution in [0.3, 0.4) is 0 Å². The van der Waals surface area contributed by atoms with Gasteiger partial charge in [-0.1, -0.05) is 43.0 Å². The predicted molar refractivity (Wildman–Crippen MR) is 60.5 cm³/mol. The molecule has 2 aromatic rings. The average Bonchev–Trinajstić information content (AvgIpc) is 2.41. The van der Waals surface area contributed by atoms with Gasteiger partial charge in [0.25, 0.3) is 0 Å². The lowest BCUT2D eigenvalue weighted by atomic mass is 9.98. The molecule has 0 saturated carbocycles. The fourth-order valence-electron chi connectivity index (χ4n) is 1.69. The van der Waals surface area contributed by atoms with Gasteiger partial charge in [0.05, 0.1) is 0 Å². The third kappa shape index (κ3) is 1.79. The summed E-state index contributed by atoms with van der Waals surface area (Å²) in [5, 5.41) is 0. The lowest BCUT2D eigenvalue weighted by Crippen LogP contribution is -2.03. The third-order valence-corrected chi connectivity index (χ3v) is 2.53. The van der Waals surface area contributed by atoms with Crippen LogP contribution in [-0.2, 0) is 0 Å². The van der Waals surface area contributed by atoms with E-state index >= 15 is 0 Å². The molecule has 0 fully saturated rings. The molecular formula is C14H7F4. The number of halogens is 4. The Hall–Kier alpha value is -2.10. The van der Waals surface area contributed by atoms with Gasteiger partial charge in [-0.3, -0.25) is 0 Å². The molecule has 0 aliphatic carbocycles. The van der Waals surface area contributed by atoms with Crippen molar-refractivity contribution in [1.29, 1.82) is 0 Å². The topological polar surface area (TPSA) is 0 Å². The van der Waals surface area contributed by atoms with Gasteiger partial charge < -0.3 is 0 Å². The first kappa shape index (κ1) is 12.4. The highest BCUT2D eigenvalue weighted by molar-refractivity contribution is 5.75.